The van der Waals surface area contributed by atoms with Crippen molar-refractivity contribution in [3.63, 3.8) is 0 Å². The van der Waals surface area contributed by atoms with Gasteiger partial charge in [0, 0.05) is 16.6 Å². The Kier molecular flexibility index (Phi) is 9.67. The van der Waals surface area contributed by atoms with Crippen LogP contribution in [0.5, 0.6) is 17.2 Å². The van der Waals surface area contributed by atoms with E-state index in [1.54, 1.807) is 73.8 Å². The predicted octanol–water partition coefficient (Wildman–Crippen LogP) is 5.77. The summed E-state index contributed by atoms with van der Waals surface area (Å²) in [5.41, 5.74) is 3.05. The smallest absolute Gasteiger partial charge is 0.299 e. The molecule has 1 aromatic heterocycles. The topological polar surface area (TPSA) is 127 Å². The number of rotatable bonds is 12. The number of para-hydroxylation sites is 1. The van der Waals surface area contributed by atoms with Crippen molar-refractivity contribution in [2.24, 2.45) is 0 Å². The summed E-state index contributed by atoms with van der Waals surface area (Å²) >= 11 is 1.34. The lowest BCUT2D eigenvalue weighted by molar-refractivity contribution is -0.139. The van der Waals surface area contributed by atoms with Gasteiger partial charge in [0.15, 0.2) is 11.5 Å². The van der Waals surface area contributed by atoms with Gasteiger partial charge in [0.1, 0.15) is 23.3 Å². The monoisotopic (exact) mass is 676 g/mol. The summed E-state index contributed by atoms with van der Waals surface area (Å²) in [7, 11) is 4.52. The van der Waals surface area contributed by atoms with E-state index in [1.165, 1.54) is 30.5 Å². The molecule has 0 aliphatic carbocycles. The maximum atomic E-state index is 14.5. The first kappa shape index (κ1) is 32.9. The highest BCUT2D eigenvalue weighted by atomic mass is 32.1. The number of benzene rings is 4. The quantitative estimate of drug-likeness (QED) is 0.165. The fourth-order valence-electron chi connectivity index (χ4n) is 5.61. The SMILES string of the molecule is COc1ccc(NC(=O)C(c2ccc(OC)c(OC)c2)N(Cc2nc(-c3ccccc3)cs2)C(=O)CN2C(=O)C(=O)c3ccccc32)cc1. The second-order valence-corrected chi connectivity index (χ2v) is 11.9. The third-order valence-corrected chi connectivity index (χ3v) is 8.89. The van der Waals surface area contributed by atoms with Gasteiger partial charge in [-0.25, -0.2) is 4.98 Å². The number of carbonyl (C=O) groups excluding carboxylic acids is 4. The molecule has 0 bridgehead atoms. The molecule has 0 radical (unpaired) electrons. The van der Waals surface area contributed by atoms with Gasteiger partial charge in [-0.15, -0.1) is 11.3 Å². The van der Waals surface area contributed by atoms with Gasteiger partial charge >= 0.3 is 0 Å². The van der Waals surface area contributed by atoms with Gasteiger partial charge in [0.2, 0.25) is 5.91 Å². The van der Waals surface area contributed by atoms with Crippen molar-refractivity contribution < 1.29 is 33.4 Å². The summed E-state index contributed by atoms with van der Waals surface area (Å²) in [6.45, 7) is -0.568. The molecule has 0 saturated heterocycles. The lowest BCUT2D eigenvalue weighted by Gasteiger charge is -2.32. The van der Waals surface area contributed by atoms with Gasteiger partial charge in [0.25, 0.3) is 17.6 Å². The van der Waals surface area contributed by atoms with Gasteiger partial charge in [-0.1, -0.05) is 48.5 Å². The number of nitrogens with one attached hydrogen (secondary N) is 1. The molecule has 12 heteroatoms. The molecule has 0 fully saturated rings. The first-order chi connectivity index (χ1) is 23.8. The molecule has 1 aliphatic heterocycles. The molecule has 1 unspecified atom stereocenters. The number of aromatic nitrogens is 1. The van der Waals surface area contributed by atoms with Crippen molar-refractivity contribution in [3.05, 3.63) is 119 Å². The molecule has 1 atom stereocenters. The van der Waals surface area contributed by atoms with Crippen LogP contribution in [0, 0.1) is 0 Å². The molecule has 0 saturated carbocycles. The zero-order chi connectivity index (χ0) is 34.5. The number of ether oxygens (including phenoxy) is 3. The molecular weight excluding hydrogens is 644 g/mol. The van der Waals surface area contributed by atoms with E-state index in [1.807, 2.05) is 35.7 Å². The Balaban J connectivity index is 1.43. The van der Waals surface area contributed by atoms with Crippen LogP contribution in [0.25, 0.3) is 11.3 Å². The number of hydrogen-bond donors (Lipinski definition) is 1. The van der Waals surface area contributed by atoms with Crippen molar-refractivity contribution in [3.8, 4) is 28.5 Å². The Morgan fingerprint density at radius 3 is 2.29 bits per heavy atom. The minimum Gasteiger partial charge on any atom is -0.497 e. The first-order valence-corrected chi connectivity index (χ1v) is 16.1. The van der Waals surface area contributed by atoms with Crippen LogP contribution in [0.4, 0.5) is 11.4 Å². The fourth-order valence-corrected chi connectivity index (χ4v) is 6.41. The van der Waals surface area contributed by atoms with Gasteiger partial charge in [-0.05, 0) is 54.1 Å². The number of hydrogen-bond acceptors (Lipinski definition) is 9. The molecule has 1 N–H and O–H groups in total. The third kappa shape index (κ3) is 6.85. The molecular formula is C37H32N4O7S. The lowest BCUT2D eigenvalue weighted by atomic mass is 10.0. The number of methoxy groups -OCH3 is 3. The standard InChI is InChI=1S/C37H32N4O7S/c1-46-26-16-14-25(15-17-26)38-36(44)34(24-13-18-30(47-2)31(19-24)48-3)41(20-32-39-28(22-49-32)23-9-5-4-6-10-23)33(42)21-40-29-12-8-7-11-27(29)35(43)37(40)45/h4-19,22,34H,20-21H2,1-3H3,(H,38,44). The zero-order valence-electron chi connectivity index (χ0n) is 26.9. The lowest BCUT2D eigenvalue weighted by Crippen LogP contribution is -2.46. The normalized spacial score (nSPS) is 12.7. The van der Waals surface area contributed by atoms with Crippen LogP contribution < -0.4 is 24.4 Å². The number of carbonyl (C=O) groups is 4. The van der Waals surface area contributed by atoms with Crippen molar-refractivity contribution >= 4 is 46.2 Å². The number of ketones is 1. The summed E-state index contributed by atoms with van der Waals surface area (Å²) in [4.78, 5) is 62.2. The number of thiazole rings is 1. The van der Waals surface area contributed by atoms with E-state index in [0.29, 0.717) is 44.9 Å². The zero-order valence-corrected chi connectivity index (χ0v) is 27.7. The number of anilines is 2. The Morgan fingerprint density at radius 1 is 0.857 bits per heavy atom. The van der Waals surface area contributed by atoms with Crippen LogP contribution >= 0.6 is 11.3 Å². The van der Waals surface area contributed by atoms with E-state index in [0.717, 1.165) is 10.5 Å². The van der Waals surface area contributed by atoms with Crippen molar-refractivity contribution in [2.75, 3.05) is 38.1 Å². The summed E-state index contributed by atoms with van der Waals surface area (Å²) in [5, 5.41) is 5.36. The van der Waals surface area contributed by atoms with E-state index in [-0.39, 0.29) is 12.1 Å². The minimum absolute atomic E-state index is 0.0804. The Bertz CT molecular complexity index is 2010. The predicted molar refractivity (Wildman–Crippen MR) is 185 cm³/mol. The largest absolute Gasteiger partial charge is 0.497 e. The Morgan fingerprint density at radius 2 is 1.57 bits per heavy atom. The molecule has 3 amide bonds. The number of Topliss-reactive ketones (excluding diaryl/α,β-unsaturated/α-hetero) is 1. The molecule has 49 heavy (non-hydrogen) atoms. The Hall–Kier alpha value is -6.01. The van der Waals surface area contributed by atoms with E-state index in [2.05, 4.69) is 5.32 Å². The summed E-state index contributed by atoms with van der Waals surface area (Å²) in [5.74, 6) is -1.24. The van der Waals surface area contributed by atoms with Gasteiger partial charge in [-0.3, -0.25) is 24.1 Å². The number of nitrogens with zero attached hydrogens (tertiary/aromatic N) is 3. The summed E-state index contributed by atoms with van der Waals surface area (Å²) in [6, 6.07) is 26.6. The molecule has 4 aromatic carbocycles. The minimum atomic E-state index is -1.23. The van der Waals surface area contributed by atoms with Gasteiger partial charge < -0.3 is 24.4 Å². The highest BCUT2D eigenvalue weighted by molar-refractivity contribution is 7.09. The highest BCUT2D eigenvalue weighted by Gasteiger charge is 2.40. The molecule has 2 heterocycles. The van der Waals surface area contributed by atoms with E-state index in [9.17, 15) is 19.2 Å². The van der Waals surface area contributed by atoms with Crippen LogP contribution in [0.1, 0.15) is 27.0 Å². The molecule has 0 spiro atoms. The second-order valence-electron chi connectivity index (χ2n) is 11.0. The van der Waals surface area contributed by atoms with E-state index in [4.69, 9.17) is 19.2 Å². The van der Waals surface area contributed by atoms with Crippen molar-refractivity contribution in [1.29, 1.82) is 0 Å². The van der Waals surface area contributed by atoms with Crippen LogP contribution in [-0.4, -0.2) is 61.3 Å². The van der Waals surface area contributed by atoms with Gasteiger partial charge in [-0.2, -0.15) is 0 Å². The fraction of sp³-hybridized carbons (Fsp3) is 0.162. The highest BCUT2D eigenvalue weighted by Crippen LogP contribution is 2.35. The molecule has 1 aliphatic rings. The van der Waals surface area contributed by atoms with E-state index < -0.39 is 36.1 Å². The number of fused-ring (bicyclic) bond motifs is 1. The van der Waals surface area contributed by atoms with E-state index >= 15 is 0 Å². The number of amides is 3. The van der Waals surface area contributed by atoms with Crippen LogP contribution in [0.3, 0.4) is 0 Å². The average molecular weight is 677 g/mol. The molecule has 6 rings (SSSR count). The maximum Gasteiger partial charge on any atom is 0.299 e. The third-order valence-electron chi connectivity index (χ3n) is 8.06. The van der Waals surface area contributed by atoms with Crippen LogP contribution in [0.15, 0.2) is 102 Å². The van der Waals surface area contributed by atoms with Crippen molar-refractivity contribution in [2.45, 2.75) is 12.6 Å². The average Bonchev–Trinajstić information content (AvgIpc) is 3.70. The van der Waals surface area contributed by atoms with Gasteiger partial charge in [0.05, 0.1) is 44.8 Å². The molecule has 11 nitrogen and oxygen atoms in total. The maximum absolute atomic E-state index is 14.5. The van der Waals surface area contributed by atoms with Crippen molar-refractivity contribution in [1.82, 2.24) is 9.88 Å². The summed E-state index contributed by atoms with van der Waals surface area (Å²) < 4.78 is 16.3. The Labute approximate surface area is 286 Å². The second kappa shape index (κ2) is 14.4. The van der Waals surface area contributed by atoms with Crippen LogP contribution in [0.2, 0.25) is 0 Å². The molecule has 5 aromatic rings. The molecule has 248 valence electrons. The first-order valence-electron chi connectivity index (χ1n) is 15.2. The van der Waals surface area contributed by atoms with Crippen LogP contribution in [-0.2, 0) is 20.9 Å². The summed E-state index contributed by atoms with van der Waals surface area (Å²) in [6.07, 6.45) is 0.